The number of pyridine rings is 1. The van der Waals surface area contributed by atoms with Gasteiger partial charge in [0.05, 0.1) is 25.3 Å². The lowest BCUT2D eigenvalue weighted by Crippen LogP contribution is -2.14. The maximum atomic E-state index is 14.3. The van der Waals surface area contributed by atoms with Gasteiger partial charge in [-0.05, 0) is 24.3 Å². The highest BCUT2D eigenvalue weighted by Crippen LogP contribution is 2.33. The van der Waals surface area contributed by atoms with Crippen LogP contribution in [0.1, 0.15) is 18.5 Å². The summed E-state index contributed by atoms with van der Waals surface area (Å²) in [4.78, 5) is 8.05. The largest absolute Gasteiger partial charge is 0.484 e. The van der Waals surface area contributed by atoms with Crippen LogP contribution in [0.15, 0.2) is 53.9 Å². The van der Waals surface area contributed by atoms with Crippen LogP contribution >= 0.6 is 0 Å². The van der Waals surface area contributed by atoms with Gasteiger partial charge in [-0.2, -0.15) is 23.3 Å². The molecule has 34 heavy (non-hydrogen) atoms. The highest BCUT2D eigenvalue weighted by atomic mass is 19.4. The first-order chi connectivity index (χ1) is 16.2. The van der Waals surface area contributed by atoms with Crippen molar-refractivity contribution in [1.82, 2.24) is 19.6 Å². The molecule has 0 saturated heterocycles. The topological polar surface area (TPSA) is 91.4 Å². The lowest BCUT2D eigenvalue weighted by molar-refractivity contribution is -0.133. The second kappa shape index (κ2) is 9.04. The normalized spacial score (nSPS) is 12.4. The van der Waals surface area contributed by atoms with Crippen molar-refractivity contribution in [2.45, 2.75) is 19.0 Å². The molecule has 176 valence electrons. The van der Waals surface area contributed by atoms with Crippen LogP contribution in [0.2, 0.25) is 0 Å². The van der Waals surface area contributed by atoms with E-state index in [1.165, 1.54) is 30.0 Å². The Morgan fingerprint density at radius 2 is 1.91 bits per heavy atom. The molecule has 0 atom stereocenters. The SMILES string of the molecule is CO/C(CCC(F)(F)F)=N\C(=N)c1cnc2ccc(-c3c[nH]nc3-c3c(F)cccc3F)cn12. The highest BCUT2D eigenvalue weighted by Gasteiger charge is 2.28. The average molecular weight is 476 g/mol. The fraction of sp³-hybridized carbons (Fsp3) is 0.182. The smallest absolute Gasteiger partial charge is 0.389 e. The number of aliphatic imine (C=N–C) groups is 1. The number of alkyl halides is 3. The molecule has 0 fully saturated rings. The highest BCUT2D eigenvalue weighted by molar-refractivity contribution is 6.02. The average Bonchev–Trinajstić information content (AvgIpc) is 3.42. The Bertz CT molecular complexity index is 1370. The van der Waals surface area contributed by atoms with Gasteiger partial charge in [0.1, 0.15) is 28.7 Å². The Kier molecular flexibility index (Phi) is 6.14. The fourth-order valence-corrected chi connectivity index (χ4v) is 3.37. The monoisotopic (exact) mass is 476 g/mol. The first-order valence-electron chi connectivity index (χ1n) is 9.91. The summed E-state index contributed by atoms with van der Waals surface area (Å²) in [6.07, 6.45) is -1.66. The summed E-state index contributed by atoms with van der Waals surface area (Å²) in [6.45, 7) is 0. The third-order valence-electron chi connectivity index (χ3n) is 4.99. The Labute approximate surface area is 189 Å². The van der Waals surface area contributed by atoms with Crippen molar-refractivity contribution in [2.24, 2.45) is 4.99 Å². The van der Waals surface area contributed by atoms with Gasteiger partial charge in [-0.1, -0.05) is 6.07 Å². The summed E-state index contributed by atoms with van der Waals surface area (Å²) in [7, 11) is 1.18. The maximum absolute atomic E-state index is 14.3. The number of halogens is 5. The molecule has 0 radical (unpaired) electrons. The number of aromatic amines is 1. The first kappa shape index (κ1) is 23.1. The van der Waals surface area contributed by atoms with Gasteiger partial charge in [0.15, 0.2) is 11.7 Å². The molecule has 4 rings (SSSR count). The molecule has 0 amide bonds. The number of amidine groups is 1. The van der Waals surface area contributed by atoms with Crippen LogP contribution in [0.3, 0.4) is 0 Å². The van der Waals surface area contributed by atoms with Crippen LogP contribution in [-0.2, 0) is 4.74 Å². The Morgan fingerprint density at radius 1 is 1.18 bits per heavy atom. The molecule has 0 unspecified atom stereocenters. The number of nitrogens with zero attached hydrogens (tertiary/aromatic N) is 4. The number of hydrogen-bond donors (Lipinski definition) is 2. The quantitative estimate of drug-likeness (QED) is 0.230. The number of rotatable bonds is 5. The van der Waals surface area contributed by atoms with E-state index in [9.17, 15) is 22.0 Å². The van der Waals surface area contributed by atoms with Crippen LogP contribution in [0.5, 0.6) is 0 Å². The van der Waals surface area contributed by atoms with Crippen molar-refractivity contribution in [3.63, 3.8) is 0 Å². The number of aromatic nitrogens is 4. The molecular formula is C22H17F5N6O. The van der Waals surface area contributed by atoms with Gasteiger partial charge in [-0.15, -0.1) is 0 Å². The molecule has 0 bridgehead atoms. The summed E-state index contributed by atoms with van der Waals surface area (Å²) < 4.78 is 72.6. The van der Waals surface area contributed by atoms with E-state index in [2.05, 4.69) is 20.2 Å². The summed E-state index contributed by atoms with van der Waals surface area (Å²) in [5.74, 6) is -2.17. The second-order valence-corrected chi connectivity index (χ2v) is 7.21. The lowest BCUT2D eigenvalue weighted by atomic mass is 10.0. The molecule has 1 aromatic carbocycles. The van der Waals surface area contributed by atoms with E-state index in [1.807, 2.05) is 0 Å². The summed E-state index contributed by atoms with van der Waals surface area (Å²) >= 11 is 0. The van der Waals surface area contributed by atoms with Crippen LogP contribution in [0, 0.1) is 17.0 Å². The zero-order valence-corrected chi connectivity index (χ0v) is 17.6. The second-order valence-electron chi connectivity index (χ2n) is 7.21. The molecular weight excluding hydrogens is 459 g/mol. The van der Waals surface area contributed by atoms with Crippen LogP contribution in [0.4, 0.5) is 22.0 Å². The van der Waals surface area contributed by atoms with E-state index in [4.69, 9.17) is 10.1 Å². The zero-order chi connectivity index (χ0) is 24.5. The number of nitrogens with one attached hydrogen (secondary N) is 2. The molecule has 3 aromatic heterocycles. The minimum absolute atomic E-state index is 0.0542. The van der Waals surface area contributed by atoms with Gasteiger partial charge >= 0.3 is 6.18 Å². The van der Waals surface area contributed by atoms with Gasteiger partial charge in [-0.3, -0.25) is 14.9 Å². The van der Waals surface area contributed by atoms with Crippen molar-refractivity contribution in [2.75, 3.05) is 7.11 Å². The van der Waals surface area contributed by atoms with Gasteiger partial charge in [-0.25, -0.2) is 13.8 Å². The lowest BCUT2D eigenvalue weighted by Gasteiger charge is -2.09. The van der Waals surface area contributed by atoms with Crippen molar-refractivity contribution in [3.8, 4) is 22.4 Å². The number of fused-ring (bicyclic) bond motifs is 1. The summed E-state index contributed by atoms with van der Waals surface area (Å²) in [6, 6.07) is 6.78. The van der Waals surface area contributed by atoms with E-state index in [0.29, 0.717) is 16.8 Å². The van der Waals surface area contributed by atoms with E-state index < -0.39 is 30.7 Å². The summed E-state index contributed by atoms with van der Waals surface area (Å²) in [5.41, 5.74) is 1.26. The summed E-state index contributed by atoms with van der Waals surface area (Å²) in [5, 5.41) is 14.9. The predicted octanol–water partition coefficient (Wildman–Crippen LogP) is 5.38. The Balaban J connectivity index is 1.72. The fourth-order valence-electron chi connectivity index (χ4n) is 3.37. The first-order valence-corrected chi connectivity index (χ1v) is 9.91. The predicted molar refractivity (Wildman–Crippen MR) is 115 cm³/mol. The molecule has 0 aliphatic carbocycles. The molecule has 0 aliphatic heterocycles. The molecule has 3 heterocycles. The van der Waals surface area contributed by atoms with E-state index in [-0.39, 0.29) is 28.7 Å². The molecule has 0 spiro atoms. The number of H-pyrrole nitrogens is 1. The van der Waals surface area contributed by atoms with E-state index in [1.54, 1.807) is 18.3 Å². The van der Waals surface area contributed by atoms with Crippen LogP contribution < -0.4 is 0 Å². The van der Waals surface area contributed by atoms with Crippen molar-refractivity contribution < 1.29 is 26.7 Å². The molecule has 0 aliphatic rings. The third kappa shape index (κ3) is 4.65. The van der Waals surface area contributed by atoms with E-state index >= 15 is 0 Å². The molecule has 4 aromatic rings. The van der Waals surface area contributed by atoms with Crippen molar-refractivity contribution in [3.05, 3.63) is 66.3 Å². The molecule has 0 saturated carbocycles. The minimum Gasteiger partial charge on any atom is -0.484 e. The van der Waals surface area contributed by atoms with Gasteiger partial charge in [0.2, 0.25) is 0 Å². The minimum atomic E-state index is -4.39. The number of benzene rings is 1. The number of imidazole rings is 1. The van der Waals surface area contributed by atoms with Crippen molar-refractivity contribution >= 4 is 17.4 Å². The van der Waals surface area contributed by atoms with Gasteiger partial charge in [0.25, 0.3) is 0 Å². The number of methoxy groups -OCH3 is 1. The van der Waals surface area contributed by atoms with Crippen LogP contribution in [0.25, 0.3) is 28.0 Å². The van der Waals surface area contributed by atoms with Gasteiger partial charge in [0, 0.05) is 29.9 Å². The third-order valence-corrected chi connectivity index (χ3v) is 4.99. The van der Waals surface area contributed by atoms with Crippen LogP contribution in [-0.4, -0.2) is 44.6 Å². The van der Waals surface area contributed by atoms with Crippen molar-refractivity contribution in [1.29, 1.82) is 5.41 Å². The number of ether oxygens (including phenoxy) is 1. The maximum Gasteiger partial charge on any atom is 0.389 e. The Morgan fingerprint density at radius 3 is 2.59 bits per heavy atom. The molecule has 12 heteroatoms. The standard InChI is InChI=1S/C22H17F5N6O/c1-34-18(7-8-22(25,26)27)31-21(28)16-10-29-17-6-5-12(11-33(16)17)13-9-30-32-20(13)19-14(23)3-2-4-15(19)24/h2-6,9-11,28H,7-8H2,1H3,(H,30,32)/b28-21?,31-18-. The number of hydrogen-bond acceptors (Lipinski definition) is 4. The van der Waals surface area contributed by atoms with Gasteiger partial charge < -0.3 is 4.74 Å². The zero-order valence-electron chi connectivity index (χ0n) is 17.6. The molecule has 7 nitrogen and oxygen atoms in total. The Hall–Kier alpha value is -4.09. The van der Waals surface area contributed by atoms with E-state index in [0.717, 1.165) is 12.1 Å². The molecule has 2 N–H and O–H groups in total.